The lowest BCUT2D eigenvalue weighted by Crippen LogP contribution is -2.38. The SMILES string of the molecule is CCOc1ccc(/C=C/C(=O)OCC(=O)NCC(=O)N(C)C)cc1. The van der Waals surface area contributed by atoms with E-state index in [1.807, 2.05) is 6.92 Å². The van der Waals surface area contributed by atoms with E-state index in [1.165, 1.54) is 11.0 Å². The summed E-state index contributed by atoms with van der Waals surface area (Å²) in [5, 5.41) is 2.37. The molecule has 0 spiro atoms. The first-order valence-corrected chi connectivity index (χ1v) is 7.47. The average molecular weight is 334 g/mol. The molecule has 0 unspecified atom stereocenters. The van der Waals surface area contributed by atoms with Gasteiger partial charge in [0.05, 0.1) is 13.2 Å². The molecule has 0 aliphatic rings. The Kier molecular flexibility index (Phi) is 8.04. The molecular formula is C17H22N2O5. The van der Waals surface area contributed by atoms with Crippen LogP contribution >= 0.6 is 0 Å². The van der Waals surface area contributed by atoms with Crippen molar-refractivity contribution in [1.82, 2.24) is 10.2 Å². The van der Waals surface area contributed by atoms with Crippen LogP contribution in [0.25, 0.3) is 6.08 Å². The highest BCUT2D eigenvalue weighted by molar-refractivity contribution is 5.90. The van der Waals surface area contributed by atoms with Crippen molar-refractivity contribution in [3.63, 3.8) is 0 Å². The number of rotatable bonds is 8. The molecular weight excluding hydrogens is 312 g/mol. The van der Waals surface area contributed by atoms with Crippen molar-refractivity contribution in [2.45, 2.75) is 6.92 Å². The van der Waals surface area contributed by atoms with Crippen molar-refractivity contribution in [1.29, 1.82) is 0 Å². The molecule has 1 N–H and O–H groups in total. The molecule has 1 rings (SSSR count). The van der Waals surface area contributed by atoms with Crippen LogP contribution in [0.5, 0.6) is 5.75 Å². The predicted octanol–water partition coefficient (Wildman–Crippen LogP) is 0.846. The molecule has 7 nitrogen and oxygen atoms in total. The summed E-state index contributed by atoms with van der Waals surface area (Å²) in [6, 6.07) is 7.19. The molecule has 0 fully saturated rings. The third kappa shape index (κ3) is 7.44. The molecule has 7 heteroatoms. The number of carbonyl (C=O) groups excluding carboxylic acids is 3. The lowest BCUT2D eigenvalue weighted by Gasteiger charge is -2.10. The third-order valence-electron chi connectivity index (χ3n) is 2.88. The van der Waals surface area contributed by atoms with Crippen molar-refractivity contribution in [3.8, 4) is 5.75 Å². The van der Waals surface area contributed by atoms with Gasteiger partial charge in [0.1, 0.15) is 5.75 Å². The standard InChI is InChI=1S/C17H22N2O5/c1-4-23-14-8-5-13(6-9-14)7-10-17(22)24-12-15(20)18-11-16(21)19(2)3/h5-10H,4,11-12H2,1-3H3,(H,18,20)/b10-7+. The monoisotopic (exact) mass is 334 g/mol. The van der Waals surface area contributed by atoms with E-state index in [0.29, 0.717) is 6.61 Å². The summed E-state index contributed by atoms with van der Waals surface area (Å²) in [5.41, 5.74) is 0.802. The summed E-state index contributed by atoms with van der Waals surface area (Å²) < 4.78 is 10.1. The second kappa shape index (κ2) is 10.0. The van der Waals surface area contributed by atoms with Crippen LogP contribution in [-0.4, -0.2) is 56.5 Å². The second-order valence-electron chi connectivity index (χ2n) is 5.01. The molecule has 0 bridgehead atoms. The van der Waals surface area contributed by atoms with E-state index in [0.717, 1.165) is 11.3 Å². The highest BCUT2D eigenvalue weighted by atomic mass is 16.5. The van der Waals surface area contributed by atoms with Gasteiger partial charge in [-0.05, 0) is 30.7 Å². The molecule has 2 amide bonds. The van der Waals surface area contributed by atoms with Gasteiger partial charge in [-0.25, -0.2) is 4.79 Å². The number of carbonyl (C=O) groups is 3. The average Bonchev–Trinajstić information content (AvgIpc) is 2.57. The fraction of sp³-hybridized carbons (Fsp3) is 0.353. The van der Waals surface area contributed by atoms with E-state index < -0.39 is 18.5 Å². The van der Waals surface area contributed by atoms with Gasteiger partial charge in [-0.1, -0.05) is 12.1 Å². The van der Waals surface area contributed by atoms with Crippen LogP contribution in [0.15, 0.2) is 30.3 Å². The van der Waals surface area contributed by atoms with E-state index >= 15 is 0 Å². The third-order valence-corrected chi connectivity index (χ3v) is 2.88. The lowest BCUT2D eigenvalue weighted by atomic mass is 10.2. The van der Waals surface area contributed by atoms with Crippen LogP contribution < -0.4 is 10.1 Å². The number of nitrogens with zero attached hydrogens (tertiary/aromatic N) is 1. The molecule has 24 heavy (non-hydrogen) atoms. The first-order valence-electron chi connectivity index (χ1n) is 7.47. The van der Waals surface area contributed by atoms with Gasteiger partial charge in [-0.2, -0.15) is 0 Å². The normalized spacial score (nSPS) is 10.3. The minimum Gasteiger partial charge on any atom is -0.494 e. The highest BCUT2D eigenvalue weighted by Gasteiger charge is 2.08. The number of likely N-dealkylation sites (N-methyl/N-ethyl adjacent to an activating group) is 1. The number of hydrogen-bond donors (Lipinski definition) is 1. The first kappa shape index (κ1) is 19.2. The number of ether oxygens (including phenoxy) is 2. The Labute approximate surface area is 141 Å². The summed E-state index contributed by atoms with van der Waals surface area (Å²) in [4.78, 5) is 35.6. The molecule has 1 aromatic carbocycles. The zero-order valence-corrected chi connectivity index (χ0v) is 14.1. The van der Waals surface area contributed by atoms with Gasteiger partial charge < -0.3 is 19.7 Å². The van der Waals surface area contributed by atoms with Crippen LogP contribution in [-0.2, 0) is 19.1 Å². The number of hydrogen-bond acceptors (Lipinski definition) is 5. The van der Waals surface area contributed by atoms with Crippen LogP contribution in [0.1, 0.15) is 12.5 Å². The number of amides is 2. The Hall–Kier alpha value is -2.83. The molecule has 0 aromatic heterocycles. The fourth-order valence-electron chi connectivity index (χ4n) is 1.57. The van der Waals surface area contributed by atoms with Crippen molar-refractivity contribution < 1.29 is 23.9 Å². The smallest absolute Gasteiger partial charge is 0.331 e. The van der Waals surface area contributed by atoms with Crippen molar-refractivity contribution in [2.75, 3.05) is 33.9 Å². The van der Waals surface area contributed by atoms with E-state index in [4.69, 9.17) is 9.47 Å². The Morgan fingerprint density at radius 3 is 2.42 bits per heavy atom. The molecule has 0 saturated heterocycles. The molecule has 0 radical (unpaired) electrons. The Morgan fingerprint density at radius 2 is 1.83 bits per heavy atom. The van der Waals surface area contributed by atoms with E-state index in [9.17, 15) is 14.4 Å². The summed E-state index contributed by atoms with van der Waals surface area (Å²) in [6.45, 7) is 1.92. The van der Waals surface area contributed by atoms with Crippen LogP contribution in [0.4, 0.5) is 0 Å². The zero-order chi connectivity index (χ0) is 17.9. The molecule has 0 atom stereocenters. The molecule has 0 aliphatic carbocycles. The van der Waals surface area contributed by atoms with Gasteiger partial charge in [0.2, 0.25) is 5.91 Å². The van der Waals surface area contributed by atoms with Gasteiger partial charge in [0.15, 0.2) is 6.61 Å². The van der Waals surface area contributed by atoms with Crippen molar-refractivity contribution in [2.24, 2.45) is 0 Å². The lowest BCUT2D eigenvalue weighted by molar-refractivity contribution is -0.144. The Morgan fingerprint density at radius 1 is 1.17 bits per heavy atom. The quantitative estimate of drug-likeness (QED) is 0.563. The van der Waals surface area contributed by atoms with E-state index in [2.05, 4.69) is 5.32 Å². The molecule has 0 heterocycles. The van der Waals surface area contributed by atoms with E-state index in [1.54, 1.807) is 44.4 Å². The highest BCUT2D eigenvalue weighted by Crippen LogP contribution is 2.12. The summed E-state index contributed by atoms with van der Waals surface area (Å²) in [6.07, 6.45) is 2.81. The minimum absolute atomic E-state index is 0.134. The van der Waals surface area contributed by atoms with Crippen molar-refractivity contribution >= 4 is 23.9 Å². The fourth-order valence-corrected chi connectivity index (χ4v) is 1.57. The Bertz CT molecular complexity index is 594. The van der Waals surface area contributed by atoms with Gasteiger partial charge in [0.25, 0.3) is 5.91 Å². The number of esters is 1. The topological polar surface area (TPSA) is 84.9 Å². The van der Waals surface area contributed by atoms with Gasteiger partial charge in [-0.3, -0.25) is 9.59 Å². The second-order valence-corrected chi connectivity index (χ2v) is 5.01. The van der Waals surface area contributed by atoms with Gasteiger partial charge in [-0.15, -0.1) is 0 Å². The molecule has 0 saturated carbocycles. The minimum atomic E-state index is -0.641. The molecule has 1 aromatic rings. The summed E-state index contributed by atoms with van der Waals surface area (Å²) >= 11 is 0. The maximum absolute atomic E-state index is 11.5. The number of nitrogens with one attached hydrogen (secondary N) is 1. The van der Waals surface area contributed by atoms with Crippen LogP contribution in [0.3, 0.4) is 0 Å². The van der Waals surface area contributed by atoms with Crippen LogP contribution in [0, 0.1) is 0 Å². The maximum Gasteiger partial charge on any atom is 0.331 e. The first-order chi connectivity index (χ1) is 11.4. The maximum atomic E-state index is 11.5. The molecule has 0 aliphatic heterocycles. The predicted molar refractivity (Wildman–Crippen MR) is 89.3 cm³/mol. The van der Waals surface area contributed by atoms with E-state index in [-0.39, 0.29) is 12.5 Å². The molecule has 130 valence electrons. The Balaban J connectivity index is 2.34. The van der Waals surface area contributed by atoms with Gasteiger partial charge in [0, 0.05) is 20.2 Å². The summed E-state index contributed by atoms with van der Waals surface area (Å²) in [7, 11) is 3.17. The van der Waals surface area contributed by atoms with Crippen LogP contribution in [0.2, 0.25) is 0 Å². The van der Waals surface area contributed by atoms with Crippen molar-refractivity contribution in [3.05, 3.63) is 35.9 Å². The number of benzene rings is 1. The van der Waals surface area contributed by atoms with Gasteiger partial charge >= 0.3 is 5.97 Å². The summed E-state index contributed by atoms with van der Waals surface area (Å²) in [5.74, 6) is -0.669. The zero-order valence-electron chi connectivity index (χ0n) is 14.1. The largest absolute Gasteiger partial charge is 0.494 e.